The van der Waals surface area contributed by atoms with Crippen LogP contribution in [0, 0.1) is 0 Å². The van der Waals surface area contributed by atoms with Crippen molar-refractivity contribution in [3.05, 3.63) is 83.9 Å². The summed E-state index contributed by atoms with van der Waals surface area (Å²) in [5.74, 6) is -5.84. The molecule has 3 atom stereocenters. The number of hydrogen-bond acceptors (Lipinski definition) is 7. The number of hydrogen-bond donors (Lipinski definition) is 4. The molecule has 0 bridgehead atoms. The summed E-state index contributed by atoms with van der Waals surface area (Å²) in [4.78, 5) is 75.1. The zero-order chi connectivity index (χ0) is 28.9. The predicted molar refractivity (Wildman–Crippen MR) is 142 cm³/mol. The van der Waals surface area contributed by atoms with Gasteiger partial charge >= 0.3 is 5.97 Å². The smallest absolute Gasteiger partial charge is 0.305 e. The van der Waals surface area contributed by atoms with Crippen LogP contribution >= 0.6 is 0 Å². The molecule has 10 nitrogen and oxygen atoms in total. The normalized spacial score (nSPS) is 12.9. The molecule has 0 aliphatic rings. The summed E-state index contributed by atoms with van der Waals surface area (Å²) < 4.78 is 0. The quantitative estimate of drug-likeness (QED) is 0.143. The fourth-order valence-electron chi connectivity index (χ4n) is 4.06. The number of amides is 2. The fourth-order valence-corrected chi connectivity index (χ4v) is 4.06. The minimum Gasteiger partial charge on any atom is -0.481 e. The SMILES string of the molecule is C=C[C@H](CC(=O)O)NC(=O)CC(C(=O)[C@H](CC)NC(=O)C(=O)c1ccccc1)c1ccccc1CC(=O)CO. The Bertz CT molecular complexity index is 1220. The molecule has 0 fully saturated rings. The molecule has 4 N–H and O–H groups in total. The van der Waals surface area contributed by atoms with E-state index < -0.39 is 72.6 Å². The van der Waals surface area contributed by atoms with Crippen molar-refractivity contribution >= 4 is 35.1 Å². The third-order valence-corrected chi connectivity index (χ3v) is 6.05. The molecule has 2 amide bonds. The van der Waals surface area contributed by atoms with Crippen molar-refractivity contribution in [2.45, 2.75) is 50.6 Å². The van der Waals surface area contributed by atoms with Crippen molar-refractivity contribution in [3.63, 3.8) is 0 Å². The molecule has 10 heteroatoms. The maximum absolute atomic E-state index is 13.8. The van der Waals surface area contributed by atoms with E-state index in [-0.39, 0.29) is 18.4 Å². The van der Waals surface area contributed by atoms with E-state index in [9.17, 15) is 33.9 Å². The molecule has 39 heavy (non-hydrogen) atoms. The fraction of sp³-hybridized carbons (Fsp3) is 0.310. The summed E-state index contributed by atoms with van der Waals surface area (Å²) in [7, 11) is 0. The summed E-state index contributed by atoms with van der Waals surface area (Å²) in [5, 5.41) is 23.3. The highest BCUT2D eigenvalue weighted by Crippen LogP contribution is 2.27. The Balaban J connectivity index is 2.39. The maximum Gasteiger partial charge on any atom is 0.305 e. The third kappa shape index (κ3) is 9.11. The molecule has 0 heterocycles. The van der Waals surface area contributed by atoms with Gasteiger partial charge in [-0.15, -0.1) is 6.58 Å². The van der Waals surface area contributed by atoms with Gasteiger partial charge in [-0.25, -0.2) is 0 Å². The van der Waals surface area contributed by atoms with E-state index in [1.807, 2.05) is 0 Å². The van der Waals surface area contributed by atoms with Crippen molar-refractivity contribution < 1.29 is 39.0 Å². The summed E-state index contributed by atoms with van der Waals surface area (Å²) >= 11 is 0. The number of carboxylic acid groups (broad SMARTS) is 1. The zero-order valence-corrected chi connectivity index (χ0v) is 21.6. The van der Waals surface area contributed by atoms with Gasteiger partial charge in [-0.2, -0.15) is 0 Å². The molecule has 1 unspecified atom stereocenters. The number of aliphatic hydroxyl groups excluding tert-OH is 1. The lowest BCUT2D eigenvalue weighted by molar-refractivity contribution is -0.137. The zero-order valence-electron chi connectivity index (χ0n) is 21.6. The van der Waals surface area contributed by atoms with Crippen LogP contribution in [0.3, 0.4) is 0 Å². The first-order chi connectivity index (χ1) is 18.6. The Morgan fingerprint density at radius 3 is 2.15 bits per heavy atom. The largest absolute Gasteiger partial charge is 0.481 e. The van der Waals surface area contributed by atoms with E-state index in [4.69, 9.17) is 5.11 Å². The first-order valence-electron chi connectivity index (χ1n) is 12.4. The van der Waals surface area contributed by atoms with Crippen molar-refractivity contribution in [1.29, 1.82) is 0 Å². The first-order valence-corrected chi connectivity index (χ1v) is 12.4. The molecule has 2 rings (SSSR count). The van der Waals surface area contributed by atoms with E-state index in [0.717, 1.165) is 0 Å². The molecule has 0 spiro atoms. The van der Waals surface area contributed by atoms with E-state index in [0.29, 0.717) is 11.1 Å². The maximum atomic E-state index is 13.8. The lowest BCUT2D eigenvalue weighted by atomic mass is 9.83. The summed E-state index contributed by atoms with van der Waals surface area (Å²) in [6.45, 7) is 4.45. The van der Waals surface area contributed by atoms with Crippen LogP contribution in [0.2, 0.25) is 0 Å². The summed E-state index contributed by atoms with van der Waals surface area (Å²) in [5.41, 5.74) is 0.903. The van der Waals surface area contributed by atoms with Gasteiger partial charge in [-0.3, -0.25) is 28.8 Å². The van der Waals surface area contributed by atoms with E-state index >= 15 is 0 Å². The Morgan fingerprint density at radius 2 is 1.56 bits per heavy atom. The molecule has 0 radical (unpaired) electrons. The minimum atomic E-state index is -1.16. The van der Waals surface area contributed by atoms with Gasteiger partial charge in [-0.1, -0.05) is 67.6 Å². The molecule has 2 aromatic rings. The molecule has 0 aromatic heterocycles. The molecule has 0 saturated heterocycles. The van der Waals surface area contributed by atoms with Gasteiger partial charge in [0, 0.05) is 18.4 Å². The van der Waals surface area contributed by atoms with Gasteiger partial charge in [0.2, 0.25) is 11.7 Å². The third-order valence-electron chi connectivity index (χ3n) is 6.05. The minimum absolute atomic E-state index is 0.108. The first kappa shape index (κ1) is 30.8. The molecule has 0 saturated carbocycles. The highest BCUT2D eigenvalue weighted by molar-refractivity contribution is 6.43. The highest BCUT2D eigenvalue weighted by Gasteiger charge is 2.33. The van der Waals surface area contributed by atoms with Gasteiger partial charge in [0.05, 0.1) is 24.4 Å². The number of ketones is 3. The number of aliphatic carboxylic acids is 1. The standard InChI is InChI=1S/C29H32N2O8/c1-3-20(15-26(35)36)30-25(34)16-23(22-13-9-8-12-19(22)14-21(33)17-32)28(38)24(4-2)31-29(39)27(37)18-10-6-5-7-11-18/h3,5-13,20,23-24,32H,1,4,14-17H2,2H3,(H,30,34)(H,31,39)(H,35,36)/t20-,23?,24+/m1/s1. The second-order valence-electron chi connectivity index (χ2n) is 8.87. The van der Waals surface area contributed by atoms with E-state index in [1.54, 1.807) is 49.4 Å². The van der Waals surface area contributed by atoms with Gasteiger partial charge in [0.1, 0.15) is 6.61 Å². The van der Waals surface area contributed by atoms with Crippen molar-refractivity contribution in [1.82, 2.24) is 10.6 Å². The van der Waals surface area contributed by atoms with Crippen LogP contribution in [0.15, 0.2) is 67.3 Å². The van der Waals surface area contributed by atoms with Crippen molar-refractivity contribution in [2.75, 3.05) is 6.61 Å². The van der Waals surface area contributed by atoms with Crippen LogP contribution < -0.4 is 10.6 Å². The van der Waals surface area contributed by atoms with Crippen LogP contribution in [0.4, 0.5) is 0 Å². The average molecular weight is 537 g/mol. The number of aliphatic hydroxyl groups is 1. The van der Waals surface area contributed by atoms with Gasteiger partial charge in [-0.05, 0) is 17.5 Å². The number of carbonyl (C=O) groups excluding carboxylic acids is 5. The second kappa shape index (κ2) is 15.1. The number of carboxylic acids is 1. The van der Waals surface area contributed by atoms with E-state index in [1.165, 1.54) is 18.2 Å². The highest BCUT2D eigenvalue weighted by atomic mass is 16.4. The summed E-state index contributed by atoms with van der Waals surface area (Å²) in [6.07, 6.45) is 0.344. The van der Waals surface area contributed by atoms with Crippen LogP contribution in [-0.4, -0.2) is 64.0 Å². The van der Waals surface area contributed by atoms with Crippen LogP contribution in [0.5, 0.6) is 0 Å². The predicted octanol–water partition coefficient (Wildman–Crippen LogP) is 1.76. The van der Waals surface area contributed by atoms with E-state index in [2.05, 4.69) is 17.2 Å². The van der Waals surface area contributed by atoms with Crippen molar-refractivity contribution in [2.24, 2.45) is 0 Å². The van der Waals surface area contributed by atoms with Crippen LogP contribution in [0.25, 0.3) is 0 Å². The van der Waals surface area contributed by atoms with Crippen molar-refractivity contribution in [3.8, 4) is 0 Å². The number of rotatable bonds is 16. The number of nitrogens with one attached hydrogen (secondary N) is 2. The number of carbonyl (C=O) groups is 6. The molecule has 2 aromatic carbocycles. The monoisotopic (exact) mass is 536 g/mol. The average Bonchev–Trinajstić information content (AvgIpc) is 2.93. The molecule has 0 aliphatic carbocycles. The van der Waals surface area contributed by atoms with Gasteiger partial charge < -0.3 is 20.8 Å². The molecule has 0 aliphatic heterocycles. The Labute approximate surface area is 226 Å². The Kier molecular flexibility index (Phi) is 11.9. The topological polar surface area (TPSA) is 167 Å². The Hall–Kier alpha value is -4.44. The summed E-state index contributed by atoms with van der Waals surface area (Å²) in [6, 6.07) is 12.2. The Morgan fingerprint density at radius 1 is 0.923 bits per heavy atom. The van der Waals surface area contributed by atoms with Gasteiger partial charge in [0.25, 0.3) is 5.91 Å². The molecule has 206 valence electrons. The molecular formula is C29H32N2O8. The lowest BCUT2D eigenvalue weighted by Gasteiger charge is -2.25. The number of benzene rings is 2. The number of Topliss-reactive ketones (excluding diaryl/α,β-unsaturated/α-hetero) is 3. The van der Waals surface area contributed by atoms with Crippen LogP contribution in [-0.2, 0) is 30.4 Å². The van der Waals surface area contributed by atoms with Crippen LogP contribution in [0.1, 0.15) is 53.6 Å². The van der Waals surface area contributed by atoms with Gasteiger partial charge in [0.15, 0.2) is 11.6 Å². The lowest BCUT2D eigenvalue weighted by Crippen LogP contribution is -2.46. The second-order valence-corrected chi connectivity index (χ2v) is 8.87. The molecular weight excluding hydrogens is 504 g/mol.